The molecule has 0 rings (SSSR count). The second-order valence-corrected chi connectivity index (χ2v) is 4.72. The Morgan fingerprint density at radius 2 is 1.75 bits per heavy atom. The number of hydrogen-bond donors (Lipinski definition) is 1. The van der Waals surface area contributed by atoms with Crippen LogP contribution in [0.3, 0.4) is 0 Å². The summed E-state index contributed by atoms with van der Waals surface area (Å²) in [6, 6.07) is 0. The molecule has 95 valence electrons. The fourth-order valence-corrected chi connectivity index (χ4v) is 2.38. The van der Waals surface area contributed by atoms with Gasteiger partial charge in [-0.1, -0.05) is 47.0 Å². The van der Waals surface area contributed by atoms with Crippen molar-refractivity contribution < 1.29 is 9.90 Å². The summed E-state index contributed by atoms with van der Waals surface area (Å²) in [5.41, 5.74) is -0.644. The lowest BCUT2D eigenvalue weighted by Crippen LogP contribution is -2.41. The van der Waals surface area contributed by atoms with Gasteiger partial charge < -0.3 is 5.11 Å². The molecule has 0 aromatic heterocycles. The molecule has 0 saturated carbocycles. The zero-order valence-electron chi connectivity index (χ0n) is 11.3. The lowest BCUT2D eigenvalue weighted by molar-refractivity contribution is 0.00838. The van der Waals surface area contributed by atoms with Crippen molar-refractivity contribution in [2.45, 2.75) is 72.3 Å². The first kappa shape index (κ1) is 15.6. The van der Waals surface area contributed by atoms with E-state index in [1.807, 2.05) is 13.8 Å². The minimum absolute atomic E-state index is 0.237. The number of carbonyl (C=O) groups excluding carboxylic acids is 1. The molecular weight excluding hydrogens is 200 g/mol. The molecular formula is C14H27O2. The van der Waals surface area contributed by atoms with Crippen LogP contribution in [0.15, 0.2) is 0 Å². The minimum Gasteiger partial charge on any atom is -0.392 e. The van der Waals surface area contributed by atoms with Gasteiger partial charge in [-0.25, -0.2) is 0 Å². The number of aliphatic hydroxyl groups excluding tert-OH is 1. The first-order valence-electron chi connectivity index (χ1n) is 6.69. The van der Waals surface area contributed by atoms with E-state index in [0.29, 0.717) is 12.8 Å². The lowest BCUT2D eigenvalue weighted by atomic mass is 9.71. The highest BCUT2D eigenvalue weighted by atomic mass is 16.3. The molecule has 2 nitrogen and oxygen atoms in total. The number of unbranched alkanes of at least 4 members (excludes halogenated alkanes) is 1. The zero-order chi connectivity index (χ0) is 12.6. The van der Waals surface area contributed by atoms with E-state index in [1.54, 1.807) is 0 Å². The van der Waals surface area contributed by atoms with Crippen LogP contribution in [-0.2, 0) is 4.79 Å². The first-order valence-corrected chi connectivity index (χ1v) is 6.69. The largest absolute Gasteiger partial charge is 0.392 e. The van der Waals surface area contributed by atoms with Gasteiger partial charge in [0.15, 0.2) is 0 Å². The summed E-state index contributed by atoms with van der Waals surface area (Å²) >= 11 is 0. The average molecular weight is 227 g/mol. The Bertz CT molecular complexity index is 185. The van der Waals surface area contributed by atoms with Crippen molar-refractivity contribution in [2.75, 3.05) is 0 Å². The van der Waals surface area contributed by atoms with E-state index in [-0.39, 0.29) is 5.92 Å². The molecule has 0 aromatic carbocycles. The maximum atomic E-state index is 11.1. The fourth-order valence-electron chi connectivity index (χ4n) is 2.38. The lowest BCUT2D eigenvalue weighted by Gasteiger charge is -2.35. The van der Waals surface area contributed by atoms with E-state index >= 15 is 0 Å². The summed E-state index contributed by atoms with van der Waals surface area (Å²) < 4.78 is 0. The van der Waals surface area contributed by atoms with Crippen LogP contribution in [0, 0.1) is 11.3 Å². The van der Waals surface area contributed by atoms with Gasteiger partial charge in [0, 0.05) is 0 Å². The minimum atomic E-state index is -0.644. The summed E-state index contributed by atoms with van der Waals surface area (Å²) in [6.07, 6.45) is 7.14. The van der Waals surface area contributed by atoms with Gasteiger partial charge in [0.25, 0.3) is 0 Å². The van der Waals surface area contributed by atoms with E-state index < -0.39 is 11.5 Å². The van der Waals surface area contributed by atoms with Crippen LogP contribution in [0.2, 0.25) is 0 Å². The van der Waals surface area contributed by atoms with Crippen molar-refractivity contribution in [3.05, 3.63) is 0 Å². The molecule has 0 aliphatic carbocycles. The smallest absolute Gasteiger partial charge is 0.207 e. The van der Waals surface area contributed by atoms with E-state index in [1.165, 1.54) is 0 Å². The van der Waals surface area contributed by atoms with Gasteiger partial charge in [-0.05, 0) is 25.2 Å². The summed E-state index contributed by atoms with van der Waals surface area (Å²) in [6.45, 7) is 8.16. The van der Waals surface area contributed by atoms with Gasteiger partial charge in [0.2, 0.25) is 6.29 Å². The van der Waals surface area contributed by atoms with E-state index in [2.05, 4.69) is 20.1 Å². The first-order chi connectivity index (χ1) is 7.61. The third-order valence-electron chi connectivity index (χ3n) is 3.93. The standard InChI is InChI=1S/C14H27O2/c1-5-9-10-12(6-2)13(16)14(7-3,8-4)11-15/h12-13,16H,5-10H2,1-4H3. The van der Waals surface area contributed by atoms with Crippen LogP contribution < -0.4 is 0 Å². The molecule has 1 radical (unpaired) electrons. The quantitative estimate of drug-likeness (QED) is 0.655. The van der Waals surface area contributed by atoms with Crippen LogP contribution >= 0.6 is 0 Å². The van der Waals surface area contributed by atoms with E-state index in [0.717, 1.165) is 25.7 Å². The monoisotopic (exact) mass is 227 g/mol. The molecule has 16 heavy (non-hydrogen) atoms. The van der Waals surface area contributed by atoms with Crippen molar-refractivity contribution >= 4 is 6.29 Å². The molecule has 0 aliphatic rings. The molecule has 0 spiro atoms. The van der Waals surface area contributed by atoms with Gasteiger partial charge >= 0.3 is 0 Å². The number of rotatable bonds is 9. The fraction of sp³-hybridized carbons (Fsp3) is 0.929. The normalized spacial score (nSPS) is 15.8. The second kappa shape index (κ2) is 7.83. The Kier molecular flexibility index (Phi) is 7.65. The van der Waals surface area contributed by atoms with Crippen molar-refractivity contribution in [1.29, 1.82) is 0 Å². The van der Waals surface area contributed by atoms with E-state index in [9.17, 15) is 9.90 Å². The predicted octanol–water partition coefficient (Wildman–Crippen LogP) is 3.48. The van der Waals surface area contributed by atoms with Gasteiger partial charge in [0.05, 0.1) is 11.5 Å². The maximum Gasteiger partial charge on any atom is 0.207 e. The van der Waals surface area contributed by atoms with Gasteiger partial charge in [-0.15, -0.1) is 0 Å². The third kappa shape index (κ3) is 3.58. The molecule has 2 unspecified atom stereocenters. The van der Waals surface area contributed by atoms with Crippen LogP contribution in [0.25, 0.3) is 0 Å². The Hall–Kier alpha value is -0.370. The summed E-state index contributed by atoms with van der Waals surface area (Å²) in [5.74, 6) is 0.237. The van der Waals surface area contributed by atoms with Crippen molar-refractivity contribution in [1.82, 2.24) is 0 Å². The Labute approximate surface area is 100 Å². The SMILES string of the molecule is CCCCC(CC)C(O)C([C]=O)(CC)CC. The molecule has 0 amide bonds. The molecule has 2 atom stereocenters. The molecule has 0 fully saturated rings. The van der Waals surface area contributed by atoms with E-state index in [4.69, 9.17) is 0 Å². The molecule has 0 bridgehead atoms. The summed E-state index contributed by atoms with van der Waals surface area (Å²) in [7, 11) is 0. The molecule has 1 N–H and O–H groups in total. The molecule has 2 heteroatoms. The van der Waals surface area contributed by atoms with Gasteiger partial charge in [-0.2, -0.15) is 0 Å². The van der Waals surface area contributed by atoms with Crippen LogP contribution in [0.4, 0.5) is 0 Å². The van der Waals surface area contributed by atoms with Gasteiger partial charge in [-0.3, -0.25) is 4.79 Å². The number of hydrogen-bond acceptors (Lipinski definition) is 2. The maximum absolute atomic E-state index is 11.1. The predicted molar refractivity (Wildman–Crippen MR) is 68.0 cm³/mol. The molecule has 0 saturated heterocycles. The second-order valence-electron chi connectivity index (χ2n) is 4.72. The van der Waals surface area contributed by atoms with Gasteiger partial charge in [0.1, 0.15) is 0 Å². The Morgan fingerprint density at radius 3 is 2.06 bits per heavy atom. The summed E-state index contributed by atoms with van der Waals surface area (Å²) in [4.78, 5) is 11.1. The topological polar surface area (TPSA) is 37.3 Å². The number of aliphatic hydroxyl groups is 1. The van der Waals surface area contributed by atoms with Crippen LogP contribution in [0.5, 0.6) is 0 Å². The molecule has 0 heterocycles. The van der Waals surface area contributed by atoms with Crippen molar-refractivity contribution in [3.63, 3.8) is 0 Å². The summed E-state index contributed by atoms with van der Waals surface area (Å²) in [5, 5.41) is 10.4. The molecule has 0 aromatic rings. The highest BCUT2D eigenvalue weighted by molar-refractivity contribution is 5.61. The Morgan fingerprint density at radius 1 is 1.19 bits per heavy atom. The highest BCUT2D eigenvalue weighted by Gasteiger charge is 2.39. The zero-order valence-corrected chi connectivity index (χ0v) is 11.3. The van der Waals surface area contributed by atoms with Crippen LogP contribution in [0.1, 0.15) is 66.2 Å². The van der Waals surface area contributed by atoms with Crippen molar-refractivity contribution in [3.8, 4) is 0 Å². The third-order valence-corrected chi connectivity index (χ3v) is 3.93. The average Bonchev–Trinajstić information content (AvgIpc) is 2.33. The van der Waals surface area contributed by atoms with Crippen molar-refractivity contribution in [2.24, 2.45) is 11.3 Å². The van der Waals surface area contributed by atoms with Crippen LogP contribution in [-0.4, -0.2) is 17.5 Å². The molecule has 0 aliphatic heterocycles. The Balaban J connectivity index is 4.67. The highest BCUT2D eigenvalue weighted by Crippen LogP contribution is 2.35.